The van der Waals surface area contributed by atoms with Gasteiger partial charge >= 0.3 is 0 Å². The summed E-state index contributed by atoms with van der Waals surface area (Å²) in [6.07, 6.45) is 1.88. The minimum absolute atomic E-state index is 0.0271. The van der Waals surface area contributed by atoms with Gasteiger partial charge in [-0.15, -0.1) is 11.8 Å². The summed E-state index contributed by atoms with van der Waals surface area (Å²) in [7, 11) is 3.21. The van der Waals surface area contributed by atoms with E-state index in [-0.39, 0.29) is 29.4 Å². The molecule has 0 unspecified atom stereocenters. The van der Waals surface area contributed by atoms with Gasteiger partial charge in [-0.1, -0.05) is 23.8 Å². The Morgan fingerprint density at radius 2 is 1.80 bits per heavy atom. The zero-order valence-electron chi connectivity index (χ0n) is 17.6. The fourth-order valence-electron chi connectivity index (χ4n) is 3.62. The van der Waals surface area contributed by atoms with Gasteiger partial charge in [-0.3, -0.25) is 9.59 Å². The molecule has 0 spiro atoms. The van der Waals surface area contributed by atoms with Crippen molar-refractivity contribution >= 4 is 29.3 Å². The number of carbonyl (C=O) groups excluding carboxylic acids is 2. The highest BCUT2D eigenvalue weighted by molar-refractivity contribution is 8.00. The normalized spacial score (nSPS) is 15.7. The standard InChI is InChI=1S/C23H28N2O4S/c1-16-6-9-18(10-7-16)24-22(26)14-30-15-23(27)25-12-4-5-19(25)17-8-11-20(28-2)21(13-17)29-3/h6-11,13,19H,4-5,12,14-15H2,1-3H3,(H,24,26)/t19-/m0/s1. The molecule has 30 heavy (non-hydrogen) atoms. The maximum atomic E-state index is 12.8. The van der Waals surface area contributed by atoms with Crippen molar-refractivity contribution < 1.29 is 19.1 Å². The molecular weight excluding hydrogens is 400 g/mol. The van der Waals surface area contributed by atoms with Crippen molar-refractivity contribution in [3.8, 4) is 11.5 Å². The lowest BCUT2D eigenvalue weighted by Gasteiger charge is -2.25. The van der Waals surface area contributed by atoms with E-state index < -0.39 is 0 Å². The first-order chi connectivity index (χ1) is 14.5. The van der Waals surface area contributed by atoms with E-state index in [0.29, 0.717) is 11.5 Å². The quantitative estimate of drug-likeness (QED) is 0.687. The molecule has 1 fully saturated rings. The van der Waals surface area contributed by atoms with Gasteiger partial charge in [0.1, 0.15) is 0 Å². The summed E-state index contributed by atoms with van der Waals surface area (Å²) in [5.74, 6) is 1.82. The molecule has 0 aromatic heterocycles. The van der Waals surface area contributed by atoms with Crippen LogP contribution in [0.2, 0.25) is 0 Å². The van der Waals surface area contributed by atoms with Gasteiger partial charge in [0.05, 0.1) is 31.8 Å². The second-order valence-electron chi connectivity index (χ2n) is 7.27. The Morgan fingerprint density at radius 1 is 1.07 bits per heavy atom. The summed E-state index contributed by atoms with van der Waals surface area (Å²) in [4.78, 5) is 26.8. The number of rotatable bonds is 8. The van der Waals surface area contributed by atoms with E-state index in [1.807, 2.05) is 54.3 Å². The molecule has 2 amide bonds. The molecule has 7 heteroatoms. The second kappa shape index (κ2) is 10.4. The molecule has 0 saturated carbocycles. The number of benzene rings is 2. The van der Waals surface area contributed by atoms with Crippen LogP contribution in [-0.2, 0) is 9.59 Å². The first kappa shape index (κ1) is 22.0. The number of hydrogen-bond acceptors (Lipinski definition) is 5. The number of methoxy groups -OCH3 is 2. The van der Waals surface area contributed by atoms with Gasteiger partial charge in [-0.2, -0.15) is 0 Å². The van der Waals surface area contributed by atoms with Gasteiger partial charge in [0.2, 0.25) is 11.8 Å². The number of ether oxygens (including phenoxy) is 2. The third-order valence-corrected chi connectivity index (χ3v) is 6.08. The summed E-state index contributed by atoms with van der Waals surface area (Å²) in [6, 6.07) is 13.5. The van der Waals surface area contributed by atoms with E-state index in [9.17, 15) is 9.59 Å². The van der Waals surface area contributed by atoms with Crippen molar-refractivity contribution in [3.63, 3.8) is 0 Å². The van der Waals surface area contributed by atoms with Crippen molar-refractivity contribution in [2.24, 2.45) is 0 Å². The molecule has 1 saturated heterocycles. The number of hydrogen-bond donors (Lipinski definition) is 1. The number of nitrogens with one attached hydrogen (secondary N) is 1. The number of nitrogens with zero attached hydrogens (tertiary/aromatic N) is 1. The van der Waals surface area contributed by atoms with E-state index in [2.05, 4.69) is 5.32 Å². The monoisotopic (exact) mass is 428 g/mol. The van der Waals surface area contributed by atoms with Crippen molar-refractivity contribution in [1.29, 1.82) is 0 Å². The summed E-state index contributed by atoms with van der Waals surface area (Å²) < 4.78 is 10.7. The lowest BCUT2D eigenvalue weighted by Crippen LogP contribution is -2.32. The number of carbonyl (C=O) groups is 2. The van der Waals surface area contributed by atoms with Crippen LogP contribution < -0.4 is 14.8 Å². The molecule has 160 valence electrons. The Morgan fingerprint density at radius 3 is 2.50 bits per heavy atom. The fourth-order valence-corrected chi connectivity index (χ4v) is 4.32. The summed E-state index contributed by atoms with van der Waals surface area (Å²) in [5, 5.41) is 2.86. The molecule has 1 heterocycles. The van der Waals surface area contributed by atoms with Gasteiger partial charge < -0.3 is 19.7 Å². The van der Waals surface area contributed by atoms with E-state index in [1.54, 1.807) is 14.2 Å². The predicted molar refractivity (Wildman–Crippen MR) is 120 cm³/mol. The molecule has 2 aromatic carbocycles. The largest absolute Gasteiger partial charge is 0.493 e. The molecule has 3 rings (SSSR count). The number of amides is 2. The molecule has 0 bridgehead atoms. The van der Waals surface area contributed by atoms with Crippen molar-refractivity contribution in [1.82, 2.24) is 4.90 Å². The topological polar surface area (TPSA) is 67.9 Å². The fraction of sp³-hybridized carbons (Fsp3) is 0.391. The lowest BCUT2D eigenvalue weighted by molar-refractivity contribution is -0.129. The Labute approximate surface area is 181 Å². The minimum Gasteiger partial charge on any atom is -0.493 e. The van der Waals surface area contributed by atoms with Gasteiger partial charge in [-0.25, -0.2) is 0 Å². The zero-order valence-corrected chi connectivity index (χ0v) is 18.5. The van der Waals surface area contributed by atoms with Gasteiger partial charge in [-0.05, 0) is 49.6 Å². The first-order valence-electron chi connectivity index (χ1n) is 9.97. The molecule has 2 aromatic rings. The van der Waals surface area contributed by atoms with Gasteiger partial charge in [0, 0.05) is 12.2 Å². The van der Waals surface area contributed by atoms with Crippen molar-refractivity contribution in [3.05, 3.63) is 53.6 Å². The highest BCUT2D eigenvalue weighted by Gasteiger charge is 2.30. The van der Waals surface area contributed by atoms with Crippen molar-refractivity contribution in [2.45, 2.75) is 25.8 Å². The van der Waals surface area contributed by atoms with Crippen LogP contribution in [0.25, 0.3) is 0 Å². The van der Waals surface area contributed by atoms with Crippen LogP contribution in [0.4, 0.5) is 5.69 Å². The van der Waals surface area contributed by atoms with E-state index in [1.165, 1.54) is 11.8 Å². The summed E-state index contributed by atoms with van der Waals surface area (Å²) in [6.45, 7) is 2.73. The second-order valence-corrected chi connectivity index (χ2v) is 8.25. The molecule has 6 nitrogen and oxygen atoms in total. The molecule has 0 aliphatic carbocycles. The number of thioether (sulfide) groups is 1. The van der Waals surface area contributed by atoms with Crippen LogP contribution >= 0.6 is 11.8 Å². The predicted octanol–water partition coefficient (Wildman–Crippen LogP) is 4.05. The van der Waals surface area contributed by atoms with E-state index in [4.69, 9.17) is 9.47 Å². The Hall–Kier alpha value is -2.67. The first-order valence-corrected chi connectivity index (χ1v) is 11.1. The minimum atomic E-state index is -0.102. The maximum absolute atomic E-state index is 12.8. The average molecular weight is 429 g/mol. The number of likely N-dealkylation sites (tertiary alicyclic amines) is 1. The molecular formula is C23H28N2O4S. The van der Waals surface area contributed by atoms with Crippen LogP contribution in [0, 0.1) is 6.92 Å². The smallest absolute Gasteiger partial charge is 0.234 e. The maximum Gasteiger partial charge on any atom is 0.234 e. The third kappa shape index (κ3) is 5.48. The van der Waals surface area contributed by atoms with Gasteiger partial charge in [0.15, 0.2) is 11.5 Å². The van der Waals surface area contributed by atoms with Crippen LogP contribution in [-0.4, -0.2) is 49.0 Å². The number of anilines is 1. The van der Waals surface area contributed by atoms with E-state index in [0.717, 1.165) is 36.2 Å². The number of aryl methyl sites for hydroxylation is 1. The Kier molecular flexibility index (Phi) is 7.63. The lowest BCUT2D eigenvalue weighted by atomic mass is 10.0. The summed E-state index contributed by atoms with van der Waals surface area (Å²) >= 11 is 1.34. The molecule has 1 aliphatic heterocycles. The van der Waals surface area contributed by atoms with Crippen LogP contribution in [0.1, 0.15) is 30.0 Å². The Bertz CT molecular complexity index is 885. The zero-order chi connectivity index (χ0) is 21.5. The molecule has 1 atom stereocenters. The highest BCUT2D eigenvalue weighted by atomic mass is 32.2. The summed E-state index contributed by atoms with van der Waals surface area (Å²) in [5.41, 5.74) is 2.95. The molecule has 1 N–H and O–H groups in total. The SMILES string of the molecule is COc1ccc([C@@H]2CCCN2C(=O)CSCC(=O)Nc2ccc(C)cc2)cc1OC. The Balaban J connectivity index is 1.53. The third-order valence-electron chi connectivity index (χ3n) is 5.16. The van der Waals surface area contributed by atoms with Crippen LogP contribution in [0.3, 0.4) is 0 Å². The highest BCUT2D eigenvalue weighted by Crippen LogP contribution is 2.37. The van der Waals surface area contributed by atoms with Crippen LogP contribution in [0.15, 0.2) is 42.5 Å². The molecule has 1 aliphatic rings. The molecule has 0 radical (unpaired) electrons. The van der Waals surface area contributed by atoms with Crippen molar-refractivity contribution in [2.75, 3.05) is 37.6 Å². The van der Waals surface area contributed by atoms with E-state index >= 15 is 0 Å². The van der Waals surface area contributed by atoms with Gasteiger partial charge in [0.25, 0.3) is 0 Å². The van der Waals surface area contributed by atoms with Crippen LogP contribution in [0.5, 0.6) is 11.5 Å². The average Bonchev–Trinajstić information content (AvgIpc) is 3.25.